The summed E-state index contributed by atoms with van der Waals surface area (Å²) >= 11 is 0. The number of hydrogen-bond donors (Lipinski definition) is 1. The van der Waals surface area contributed by atoms with Gasteiger partial charge in [-0.3, -0.25) is 0 Å². The zero-order valence-corrected chi connectivity index (χ0v) is 16.1. The van der Waals surface area contributed by atoms with Gasteiger partial charge in [-0.2, -0.15) is 4.31 Å². The van der Waals surface area contributed by atoms with Gasteiger partial charge in [0, 0.05) is 39.1 Å². The van der Waals surface area contributed by atoms with Gasteiger partial charge in [0.25, 0.3) is 0 Å². The van der Waals surface area contributed by atoms with Crippen molar-refractivity contribution in [2.24, 2.45) is 7.05 Å². The number of nitrogens with one attached hydrogen (secondary N) is 1. The third-order valence-electron chi connectivity index (χ3n) is 4.32. The quantitative estimate of drug-likeness (QED) is 0.861. The number of hydrogen-bond acceptors (Lipinski definition) is 5. The molecule has 9 heteroatoms. The van der Waals surface area contributed by atoms with Crippen molar-refractivity contribution in [3.8, 4) is 5.75 Å². The highest BCUT2D eigenvalue weighted by molar-refractivity contribution is 7.89. The second-order valence-corrected chi connectivity index (χ2v) is 7.75. The first-order chi connectivity index (χ1) is 11.4. The van der Waals surface area contributed by atoms with Crippen LogP contribution in [-0.2, 0) is 17.1 Å². The van der Waals surface area contributed by atoms with Crippen molar-refractivity contribution in [2.75, 3.05) is 26.7 Å². The molecule has 1 N–H and O–H groups in total. The summed E-state index contributed by atoms with van der Waals surface area (Å²) in [4.78, 5) is 4.62. The van der Waals surface area contributed by atoms with E-state index in [1.807, 2.05) is 24.7 Å². The summed E-state index contributed by atoms with van der Waals surface area (Å²) in [7, 11) is -0.169. The smallest absolute Gasteiger partial charge is 0.243 e. The number of piperazine rings is 1. The average Bonchev–Trinajstić information content (AvgIpc) is 3.00. The van der Waals surface area contributed by atoms with E-state index in [0.717, 1.165) is 11.4 Å². The van der Waals surface area contributed by atoms with Crippen molar-refractivity contribution in [2.45, 2.75) is 17.9 Å². The first-order valence-corrected chi connectivity index (χ1v) is 9.23. The first-order valence-electron chi connectivity index (χ1n) is 7.79. The zero-order valence-electron chi connectivity index (χ0n) is 14.5. The average molecular weight is 387 g/mol. The van der Waals surface area contributed by atoms with E-state index < -0.39 is 10.0 Å². The number of halogens is 1. The van der Waals surface area contributed by atoms with Gasteiger partial charge in [-0.1, -0.05) is 0 Å². The summed E-state index contributed by atoms with van der Waals surface area (Å²) in [6.07, 6.45) is 3.51. The van der Waals surface area contributed by atoms with E-state index in [9.17, 15) is 8.42 Å². The zero-order chi connectivity index (χ0) is 17.3. The summed E-state index contributed by atoms with van der Waals surface area (Å²) in [6, 6.07) is 4.62. The molecule has 1 saturated heterocycles. The van der Waals surface area contributed by atoms with Crippen molar-refractivity contribution >= 4 is 22.4 Å². The first kappa shape index (κ1) is 19.7. The van der Waals surface area contributed by atoms with Gasteiger partial charge in [-0.25, -0.2) is 13.4 Å². The molecule has 0 saturated carbocycles. The van der Waals surface area contributed by atoms with E-state index in [2.05, 4.69) is 10.3 Å². The molecule has 1 aliphatic rings. The minimum Gasteiger partial charge on any atom is -0.496 e. The molecule has 1 fully saturated rings. The molecule has 0 radical (unpaired) electrons. The summed E-state index contributed by atoms with van der Waals surface area (Å²) in [5.41, 5.74) is 0.794. The van der Waals surface area contributed by atoms with Gasteiger partial charge >= 0.3 is 0 Å². The molecule has 3 rings (SSSR count). The second kappa shape index (κ2) is 7.74. The van der Waals surface area contributed by atoms with Crippen LogP contribution in [0, 0.1) is 6.92 Å². The van der Waals surface area contributed by atoms with Crippen LogP contribution in [0.5, 0.6) is 5.75 Å². The molecule has 0 spiro atoms. The Balaban J connectivity index is 0.00000225. The topological polar surface area (TPSA) is 76.5 Å². The van der Waals surface area contributed by atoms with Gasteiger partial charge in [-0.15, -0.1) is 12.4 Å². The Morgan fingerprint density at radius 1 is 1.36 bits per heavy atom. The van der Waals surface area contributed by atoms with Crippen LogP contribution < -0.4 is 10.1 Å². The van der Waals surface area contributed by atoms with Crippen LogP contribution >= 0.6 is 12.4 Å². The highest BCUT2D eigenvalue weighted by atomic mass is 35.5. The third-order valence-corrected chi connectivity index (χ3v) is 6.23. The Bertz CT molecular complexity index is 838. The minimum atomic E-state index is -3.62. The van der Waals surface area contributed by atoms with Crippen molar-refractivity contribution < 1.29 is 13.2 Å². The van der Waals surface area contributed by atoms with Crippen LogP contribution in [-0.4, -0.2) is 49.0 Å². The van der Waals surface area contributed by atoms with E-state index in [-0.39, 0.29) is 23.3 Å². The van der Waals surface area contributed by atoms with Crippen LogP contribution in [0.2, 0.25) is 0 Å². The number of imidazole rings is 1. The summed E-state index contributed by atoms with van der Waals surface area (Å²) < 4.78 is 35.0. The summed E-state index contributed by atoms with van der Waals surface area (Å²) in [5, 5.41) is 3.25. The molecule has 1 aromatic carbocycles. The Labute approximate surface area is 154 Å². The van der Waals surface area contributed by atoms with Crippen molar-refractivity contribution in [1.29, 1.82) is 0 Å². The lowest BCUT2D eigenvalue weighted by Gasteiger charge is -2.34. The molecular formula is C16H23ClN4O3S. The lowest BCUT2D eigenvalue weighted by molar-refractivity contribution is 0.258. The maximum absolute atomic E-state index is 13.2. The number of nitrogens with zero attached hydrogens (tertiary/aromatic N) is 3. The molecule has 0 amide bonds. The standard InChI is InChI=1S/C16H22N4O3S.ClH/c1-12-10-13(4-5-15(12)23-3)24(21,22)20-9-6-17-11-14(20)16-18-7-8-19(16)2;/h4-5,7-8,10,14,17H,6,9,11H2,1-3H3;1H. The van der Waals surface area contributed by atoms with E-state index in [0.29, 0.717) is 25.4 Å². The van der Waals surface area contributed by atoms with Gasteiger partial charge in [-0.05, 0) is 30.7 Å². The molecule has 2 aromatic rings. The fourth-order valence-electron chi connectivity index (χ4n) is 3.04. The number of aromatic nitrogens is 2. The Morgan fingerprint density at radius 3 is 2.72 bits per heavy atom. The Kier molecular flexibility index (Phi) is 6.10. The number of methoxy groups -OCH3 is 1. The SMILES string of the molecule is COc1ccc(S(=O)(=O)N2CCNCC2c2nccn2C)cc1C.Cl. The maximum Gasteiger partial charge on any atom is 0.243 e. The van der Waals surface area contributed by atoms with Crippen LogP contribution in [0.3, 0.4) is 0 Å². The lowest BCUT2D eigenvalue weighted by atomic mass is 10.2. The predicted octanol–water partition coefficient (Wildman–Crippen LogP) is 1.49. The molecule has 0 aliphatic carbocycles. The normalized spacial score (nSPS) is 18.6. The van der Waals surface area contributed by atoms with Gasteiger partial charge in [0.1, 0.15) is 11.6 Å². The molecule has 0 bridgehead atoms. The van der Waals surface area contributed by atoms with Crippen molar-refractivity contribution in [3.63, 3.8) is 0 Å². The molecular weight excluding hydrogens is 364 g/mol. The van der Waals surface area contributed by atoms with Crippen LogP contribution in [0.15, 0.2) is 35.5 Å². The highest BCUT2D eigenvalue weighted by Gasteiger charge is 2.36. The number of sulfonamides is 1. The molecule has 1 aromatic heterocycles. The van der Waals surface area contributed by atoms with Gasteiger partial charge in [0.15, 0.2) is 0 Å². The predicted molar refractivity (Wildman–Crippen MR) is 97.7 cm³/mol. The molecule has 1 unspecified atom stereocenters. The highest BCUT2D eigenvalue weighted by Crippen LogP contribution is 2.30. The molecule has 25 heavy (non-hydrogen) atoms. The number of rotatable bonds is 4. The van der Waals surface area contributed by atoms with E-state index >= 15 is 0 Å². The molecule has 7 nitrogen and oxygen atoms in total. The maximum atomic E-state index is 13.2. The molecule has 1 aliphatic heterocycles. The summed E-state index contributed by atoms with van der Waals surface area (Å²) in [6.45, 7) is 3.41. The minimum absolute atomic E-state index is 0. The number of aryl methyl sites for hydroxylation is 2. The second-order valence-electron chi connectivity index (χ2n) is 5.86. The fraction of sp³-hybridized carbons (Fsp3) is 0.438. The monoisotopic (exact) mass is 386 g/mol. The largest absolute Gasteiger partial charge is 0.496 e. The Morgan fingerprint density at radius 2 is 2.12 bits per heavy atom. The van der Waals surface area contributed by atoms with Gasteiger partial charge in [0.05, 0.1) is 18.0 Å². The third kappa shape index (κ3) is 3.67. The molecule has 138 valence electrons. The van der Waals surface area contributed by atoms with E-state index in [1.54, 1.807) is 31.5 Å². The van der Waals surface area contributed by atoms with Crippen LogP contribution in [0.1, 0.15) is 17.4 Å². The molecule has 2 heterocycles. The molecule has 1 atom stereocenters. The Hall–Kier alpha value is -1.61. The summed E-state index contributed by atoms with van der Waals surface area (Å²) in [5.74, 6) is 1.41. The van der Waals surface area contributed by atoms with Gasteiger partial charge < -0.3 is 14.6 Å². The number of ether oxygens (including phenoxy) is 1. The van der Waals surface area contributed by atoms with Crippen LogP contribution in [0.25, 0.3) is 0 Å². The van der Waals surface area contributed by atoms with Crippen LogP contribution in [0.4, 0.5) is 0 Å². The van der Waals surface area contributed by atoms with E-state index in [4.69, 9.17) is 4.74 Å². The van der Waals surface area contributed by atoms with E-state index in [1.165, 1.54) is 4.31 Å². The lowest BCUT2D eigenvalue weighted by Crippen LogP contribution is -2.49. The fourth-order valence-corrected chi connectivity index (χ4v) is 4.71. The van der Waals surface area contributed by atoms with Crippen molar-refractivity contribution in [3.05, 3.63) is 42.0 Å². The van der Waals surface area contributed by atoms with Gasteiger partial charge in [0.2, 0.25) is 10.0 Å². The van der Waals surface area contributed by atoms with Crippen molar-refractivity contribution in [1.82, 2.24) is 19.2 Å². The number of benzene rings is 1.